The molecule has 1 amide bonds. The second kappa shape index (κ2) is 3.69. The van der Waals surface area contributed by atoms with Crippen LogP contribution in [0.1, 0.15) is 6.92 Å². The molecule has 0 aromatic heterocycles. The Labute approximate surface area is 66.3 Å². The van der Waals surface area contributed by atoms with Crippen LogP contribution in [0.5, 0.6) is 0 Å². The van der Waals surface area contributed by atoms with Gasteiger partial charge in [0.2, 0.25) is 5.91 Å². The average Bonchev–Trinajstić information content (AvgIpc) is 1.85. The lowest BCUT2D eigenvalue weighted by molar-refractivity contribution is -0.117. The molecule has 4 heteroatoms. The van der Waals surface area contributed by atoms with Crippen molar-refractivity contribution in [3.05, 3.63) is 6.54 Å². The third-order valence-corrected chi connectivity index (χ3v) is 1.58. The number of ether oxygens (including phenoxy) is 1. The Kier molecular flexibility index (Phi) is 2.84. The van der Waals surface area contributed by atoms with Gasteiger partial charge in [-0.05, 0) is 6.92 Å². The summed E-state index contributed by atoms with van der Waals surface area (Å²) in [5.41, 5.74) is 4.99. The van der Waals surface area contributed by atoms with E-state index in [-0.39, 0.29) is 12.0 Å². The third kappa shape index (κ3) is 2.86. The van der Waals surface area contributed by atoms with Gasteiger partial charge in [-0.25, -0.2) is 0 Å². The number of hydrogen-bond donors (Lipinski definition) is 1. The molecule has 1 saturated heterocycles. The second-order valence-electron chi connectivity index (χ2n) is 2.71. The van der Waals surface area contributed by atoms with E-state index in [1.807, 2.05) is 11.8 Å². The van der Waals surface area contributed by atoms with Crippen molar-refractivity contribution in [3.8, 4) is 0 Å². The quantitative estimate of drug-likeness (QED) is 0.579. The molecule has 0 spiro atoms. The van der Waals surface area contributed by atoms with Gasteiger partial charge in [0.25, 0.3) is 0 Å². The normalized spacial score (nSPS) is 26.8. The maximum absolute atomic E-state index is 10.5. The zero-order chi connectivity index (χ0) is 8.27. The van der Waals surface area contributed by atoms with Crippen molar-refractivity contribution in [1.29, 1.82) is 0 Å². The zero-order valence-electron chi connectivity index (χ0n) is 6.62. The summed E-state index contributed by atoms with van der Waals surface area (Å²) in [6.45, 7) is 5.58. The van der Waals surface area contributed by atoms with Crippen LogP contribution in [0.4, 0.5) is 0 Å². The van der Waals surface area contributed by atoms with Gasteiger partial charge in [0, 0.05) is 13.1 Å². The first kappa shape index (κ1) is 8.49. The summed E-state index contributed by atoms with van der Waals surface area (Å²) in [6, 6.07) is 0. The molecule has 63 valence electrons. The molecule has 1 heterocycles. The van der Waals surface area contributed by atoms with E-state index in [2.05, 4.69) is 0 Å². The molecule has 1 atom stereocenters. The van der Waals surface area contributed by atoms with Crippen LogP contribution in [-0.4, -0.2) is 36.6 Å². The topological polar surface area (TPSA) is 55.6 Å². The number of carbonyl (C=O) groups excluding carboxylic acids is 1. The Balaban J connectivity index is 2.28. The minimum atomic E-state index is -0.390. The molecular formula is C7H13N2O2. The SMILES string of the molecule is CC1CN([CH]C(N)=O)CCO1. The van der Waals surface area contributed by atoms with Crippen LogP contribution in [0.3, 0.4) is 0 Å². The summed E-state index contributed by atoms with van der Waals surface area (Å²) in [5, 5.41) is 0. The highest BCUT2D eigenvalue weighted by Gasteiger charge is 2.17. The van der Waals surface area contributed by atoms with Crippen LogP contribution < -0.4 is 5.73 Å². The van der Waals surface area contributed by atoms with Gasteiger partial charge in [-0.2, -0.15) is 0 Å². The van der Waals surface area contributed by atoms with Crippen molar-refractivity contribution in [2.75, 3.05) is 19.7 Å². The molecule has 0 bridgehead atoms. The van der Waals surface area contributed by atoms with E-state index in [9.17, 15) is 4.79 Å². The summed E-state index contributed by atoms with van der Waals surface area (Å²) in [5.74, 6) is -0.390. The van der Waals surface area contributed by atoms with Crippen LogP contribution >= 0.6 is 0 Å². The first-order valence-corrected chi connectivity index (χ1v) is 3.68. The molecule has 1 rings (SSSR count). The van der Waals surface area contributed by atoms with Crippen LogP contribution in [0, 0.1) is 6.54 Å². The fourth-order valence-corrected chi connectivity index (χ4v) is 1.14. The van der Waals surface area contributed by atoms with Crippen LogP contribution in [0.2, 0.25) is 0 Å². The summed E-state index contributed by atoms with van der Waals surface area (Å²) >= 11 is 0. The van der Waals surface area contributed by atoms with Crippen LogP contribution in [0.15, 0.2) is 0 Å². The van der Waals surface area contributed by atoms with Gasteiger partial charge in [-0.1, -0.05) is 0 Å². The number of nitrogens with zero attached hydrogens (tertiary/aromatic N) is 1. The molecule has 1 unspecified atom stereocenters. The Morgan fingerprint density at radius 3 is 3.09 bits per heavy atom. The summed E-state index contributed by atoms with van der Waals surface area (Å²) in [4.78, 5) is 12.3. The minimum Gasteiger partial charge on any atom is -0.376 e. The van der Waals surface area contributed by atoms with Crippen molar-refractivity contribution in [1.82, 2.24) is 4.90 Å². The van der Waals surface area contributed by atoms with E-state index in [0.717, 1.165) is 13.1 Å². The molecule has 1 aliphatic rings. The highest BCUT2D eigenvalue weighted by atomic mass is 16.5. The van der Waals surface area contributed by atoms with Gasteiger partial charge in [0.15, 0.2) is 0 Å². The molecule has 1 radical (unpaired) electrons. The molecule has 0 saturated carbocycles. The Morgan fingerprint density at radius 2 is 2.55 bits per heavy atom. The number of amides is 1. The monoisotopic (exact) mass is 157 g/mol. The van der Waals surface area contributed by atoms with Gasteiger partial charge < -0.3 is 10.5 Å². The number of nitrogens with two attached hydrogens (primary N) is 1. The van der Waals surface area contributed by atoms with Crippen molar-refractivity contribution >= 4 is 5.91 Å². The molecule has 4 nitrogen and oxygen atoms in total. The van der Waals surface area contributed by atoms with Crippen LogP contribution in [-0.2, 0) is 9.53 Å². The van der Waals surface area contributed by atoms with Gasteiger partial charge >= 0.3 is 0 Å². The maximum atomic E-state index is 10.5. The molecule has 11 heavy (non-hydrogen) atoms. The Morgan fingerprint density at radius 1 is 1.82 bits per heavy atom. The van der Waals surface area contributed by atoms with Gasteiger partial charge in [-0.3, -0.25) is 9.69 Å². The van der Waals surface area contributed by atoms with Crippen molar-refractivity contribution in [2.24, 2.45) is 5.73 Å². The molecule has 2 N–H and O–H groups in total. The van der Waals surface area contributed by atoms with E-state index in [0.29, 0.717) is 6.61 Å². The summed E-state index contributed by atoms with van der Waals surface area (Å²) < 4.78 is 5.28. The van der Waals surface area contributed by atoms with E-state index in [1.165, 1.54) is 6.54 Å². The number of hydrogen-bond acceptors (Lipinski definition) is 3. The van der Waals surface area contributed by atoms with E-state index in [1.54, 1.807) is 0 Å². The lowest BCUT2D eigenvalue weighted by atomic mass is 10.3. The lowest BCUT2D eigenvalue weighted by Crippen LogP contribution is -2.42. The van der Waals surface area contributed by atoms with Crippen molar-refractivity contribution in [2.45, 2.75) is 13.0 Å². The highest BCUT2D eigenvalue weighted by Crippen LogP contribution is 2.04. The van der Waals surface area contributed by atoms with Gasteiger partial charge in [-0.15, -0.1) is 0 Å². The van der Waals surface area contributed by atoms with E-state index < -0.39 is 0 Å². The average molecular weight is 157 g/mol. The molecule has 1 fully saturated rings. The number of primary amides is 1. The minimum absolute atomic E-state index is 0.194. The number of morpholine rings is 1. The Bertz CT molecular complexity index is 149. The third-order valence-electron chi connectivity index (χ3n) is 1.58. The lowest BCUT2D eigenvalue weighted by Gasteiger charge is -2.29. The predicted octanol–water partition coefficient (Wildman–Crippen LogP) is -0.646. The summed E-state index contributed by atoms with van der Waals surface area (Å²) in [7, 11) is 0. The standard InChI is InChI=1S/C7H13N2O2/c1-6-4-9(2-3-11-6)5-7(8)10/h5-6H,2-4H2,1H3,(H2,8,10). The second-order valence-corrected chi connectivity index (χ2v) is 2.71. The molecule has 0 aromatic rings. The van der Waals surface area contributed by atoms with Crippen LogP contribution in [0.25, 0.3) is 0 Å². The van der Waals surface area contributed by atoms with E-state index >= 15 is 0 Å². The smallest absolute Gasteiger partial charge is 0.236 e. The molecule has 0 aliphatic carbocycles. The summed E-state index contributed by atoms with van der Waals surface area (Å²) in [6.07, 6.45) is 0.194. The zero-order valence-corrected chi connectivity index (χ0v) is 6.62. The fraction of sp³-hybridized carbons (Fsp3) is 0.714. The van der Waals surface area contributed by atoms with Gasteiger partial charge in [0.05, 0.1) is 12.7 Å². The van der Waals surface area contributed by atoms with Gasteiger partial charge in [0.1, 0.15) is 6.54 Å². The van der Waals surface area contributed by atoms with Crippen molar-refractivity contribution in [3.63, 3.8) is 0 Å². The maximum Gasteiger partial charge on any atom is 0.236 e. The molecule has 0 aromatic carbocycles. The van der Waals surface area contributed by atoms with Crippen molar-refractivity contribution < 1.29 is 9.53 Å². The number of rotatable bonds is 2. The molecular weight excluding hydrogens is 144 g/mol. The first-order valence-electron chi connectivity index (χ1n) is 3.68. The largest absolute Gasteiger partial charge is 0.376 e. The Hall–Kier alpha value is -0.610. The molecule has 1 aliphatic heterocycles. The number of carbonyl (C=O) groups is 1. The highest BCUT2D eigenvalue weighted by molar-refractivity contribution is 5.82. The van der Waals surface area contributed by atoms with E-state index in [4.69, 9.17) is 10.5 Å². The fourth-order valence-electron chi connectivity index (χ4n) is 1.14. The predicted molar refractivity (Wildman–Crippen MR) is 40.5 cm³/mol. The first-order chi connectivity index (χ1) is 5.18.